The predicted octanol–water partition coefficient (Wildman–Crippen LogP) is 4.05. The Hall–Kier alpha value is -2.24. The number of aromatic hydroxyl groups is 1. The van der Waals surface area contributed by atoms with Gasteiger partial charge in [0.1, 0.15) is 23.0 Å². The van der Waals surface area contributed by atoms with Gasteiger partial charge in [0.05, 0.1) is 0 Å². The van der Waals surface area contributed by atoms with Crippen LogP contribution in [0.3, 0.4) is 0 Å². The monoisotopic (exact) mass is 377 g/mol. The van der Waals surface area contributed by atoms with Gasteiger partial charge < -0.3 is 19.9 Å². The van der Waals surface area contributed by atoms with Crippen LogP contribution in [0.5, 0.6) is 5.75 Å². The number of alkyl carbamates (subject to hydrolysis) is 1. The van der Waals surface area contributed by atoms with Gasteiger partial charge in [-0.1, -0.05) is 6.07 Å². The summed E-state index contributed by atoms with van der Waals surface area (Å²) in [6.45, 7) is 10.6. The molecule has 1 unspecified atom stereocenters. The van der Waals surface area contributed by atoms with E-state index in [4.69, 9.17) is 9.47 Å². The summed E-state index contributed by atoms with van der Waals surface area (Å²) in [5.74, 6) is 0.0504. The summed E-state index contributed by atoms with van der Waals surface area (Å²) in [6.07, 6.45) is 1.74. The highest BCUT2D eigenvalue weighted by atomic mass is 16.6. The molecule has 2 rings (SSSR count). The largest absolute Gasteiger partial charge is 0.508 e. The molecular formula is C21H31NO5. The molecule has 1 fully saturated rings. The fraction of sp³-hybridized carbons (Fsp3) is 0.619. The molecule has 1 aliphatic rings. The summed E-state index contributed by atoms with van der Waals surface area (Å²) >= 11 is 0. The number of benzene rings is 1. The fourth-order valence-electron chi connectivity index (χ4n) is 2.80. The molecule has 0 radical (unpaired) electrons. The van der Waals surface area contributed by atoms with E-state index in [2.05, 4.69) is 5.32 Å². The van der Waals surface area contributed by atoms with Gasteiger partial charge >= 0.3 is 12.1 Å². The first-order valence-corrected chi connectivity index (χ1v) is 9.38. The van der Waals surface area contributed by atoms with Crippen molar-refractivity contribution in [1.29, 1.82) is 0 Å². The standard InChI is InChI=1S/C21H31NO5/c1-20(2,3)26-18(24)17(22-19(25)27-21(4,5)6)12-14-11-15(23)9-10-16(14)13-7-8-13/h9-11,13,17,23H,7-8,12H2,1-6H3,(H,22,25). The van der Waals surface area contributed by atoms with Crippen molar-refractivity contribution in [2.24, 2.45) is 0 Å². The zero-order valence-corrected chi connectivity index (χ0v) is 17.1. The zero-order valence-electron chi connectivity index (χ0n) is 17.1. The minimum absolute atomic E-state index is 0.134. The van der Waals surface area contributed by atoms with E-state index in [1.165, 1.54) is 0 Å². The second-order valence-corrected chi connectivity index (χ2v) is 9.09. The van der Waals surface area contributed by atoms with Crippen molar-refractivity contribution >= 4 is 12.1 Å². The number of hydrogen-bond donors (Lipinski definition) is 2. The number of phenols is 1. The lowest BCUT2D eigenvalue weighted by Gasteiger charge is -2.26. The molecule has 27 heavy (non-hydrogen) atoms. The lowest BCUT2D eigenvalue weighted by Crippen LogP contribution is -2.47. The van der Waals surface area contributed by atoms with Gasteiger partial charge in [0, 0.05) is 6.42 Å². The van der Waals surface area contributed by atoms with Crippen LogP contribution in [0.1, 0.15) is 71.4 Å². The summed E-state index contributed by atoms with van der Waals surface area (Å²) in [6, 6.07) is 4.29. The van der Waals surface area contributed by atoms with Crippen molar-refractivity contribution in [2.75, 3.05) is 0 Å². The maximum absolute atomic E-state index is 12.7. The third kappa shape index (κ3) is 7.12. The Labute approximate surface area is 161 Å². The minimum atomic E-state index is -0.904. The first kappa shape index (κ1) is 21.1. The maximum Gasteiger partial charge on any atom is 0.408 e. The maximum atomic E-state index is 12.7. The van der Waals surface area contributed by atoms with E-state index in [1.807, 2.05) is 6.07 Å². The van der Waals surface area contributed by atoms with Crippen LogP contribution in [-0.4, -0.2) is 34.4 Å². The number of rotatable bonds is 5. The minimum Gasteiger partial charge on any atom is -0.508 e. The highest BCUT2D eigenvalue weighted by molar-refractivity contribution is 5.82. The number of ether oxygens (including phenoxy) is 2. The molecule has 1 saturated carbocycles. The Morgan fingerprint density at radius 3 is 2.22 bits per heavy atom. The number of nitrogens with one attached hydrogen (secondary N) is 1. The van der Waals surface area contributed by atoms with Crippen LogP contribution in [0.4, 0.5) is 4.79 Å². The molecule has 6 nitrogen and oxygen atoms in total. The van der Waals surface area contributed by atoms with E-state index in [1.54, 1.807) is 53.7 Å². The van der Waals surface area contributed by atoms with Crippen molar-refractivity contribution in [3.05, 3.63) is 29.3 Å². The van der Waals surface area contributed by atoms with Crippen molar-refractivity contribution in [1.82, 2.24) is 5.32 Å². The Bertz CT molecular complexity index is 696. The lowest BCUT2D eigenvalue weighted by molar-refractivity contribution is -0.157. The normalized spacial score (nSPS) is 15.8. The Morgan fingerprint density at radius 1 is 1.11 bits per heavy atom. The summed E-state index contributed by atoms with van der Waals surface area (Å²) in [5.41, 5.74) is 0.590. The number of phenolic OH excluding ortho intramolecular Hbond substituents is 1. The molecule has 0 heterocycles. The topological polar surface area (TPSA) is 84.9 Å². The molecule has 1 atom stereocenters. The number of carbonyl (C=O) groups is 2. The predicted molar refractivity (Wildman–Crippen MR) is 103 cm³/mol. The molecule has 0 saturated heterocycles. The van der Waals surface area contributed by atoms with Crippen LogP contribution in [0.2, 0.25) is 0 Å². The molecule has 0 aromatic heterocycles. The van der Waals surface area contributed by atoms with Crippen LogP contribution < -0.4 is 5.32 Å². The Balaban J connectivity index is 2.23. The lowest BCUT2D eigenvalue weighted by atomic mass is 9.96. The molecule has 150 valence electrons. The molecular weight excluding hydrogens is 346 g/mol. The molecule has 1 amide bonds. The molecule has 0 aliphatic heterocycles. The molecule has 0 spiro atoms. The van der Waals surface area contributed by atoms with Crippen molar-refractivity contribution in [3.8, 4) is 5.75 Å². The van der Waals surface area contributed by atoms with Crippen molar-refractivity contribution < 1.29 is 24.2 Å². The Morgan fingerprint density at radius 2 is 1.70 bits per heavy atom. The van der Waals surface area contributed by atoms with Gasteiger partial charge in [-0.3, -0.25) is 0 Å². The highest BCUT2D eigenvalue weighted by Gasteiger charge is 2.32. The third-order valence-electron chi connectivity index (χ3n) is 3.95. The fourth-order valence-corrected chi connectivity index (χ4v) is 2.80. The molecule has 1 aliphatic carbocycles. The van der Waals surface area contributed by atoms with Gasteiger partial charge in [0.25, 0.3) is 0 Å². The van der Waals surface area contributed by atoms with E-state index in [0.29, 0.717) is 5.92 Å². The average Bonchev–Trinajstić information content (AvgIpc) is 3.27. The van der Waals surface area contributed by atoms with E-state index in [0.717, 1.165) is 24.0 Å². The summed E-state index contributed by atoms with van der Waals surface area (Å²) in [4.78, 5) is 24.9. The van der Waals surface area contributed by atoms with Crippen LogP contribution in [0.15, 0.2) is 18.2 Å². The number of esters is 1. The van der Waals surface area contributed by atoms with Crippen molar-refractivity contribution in [2.45, 2.75) is 84.0 Å². The van der Waals surface area contributed by atoms with E-state index >= 15 is 0 Å². The zero-order chi connectivity index (χ0) is 20.4. The molecule has 2 N–H and O–H groups in total. The van der Waals surface area contributed by atoms with Crippen molar-refractivity contribution in [3.63, 3.8) is 0 Å². The van der Waals surface area contributed by atoms with Gasteiger partial charge in [-0.25, -0.2) is 9.59 Å². The van der Waals surface area contributed by atoms with E-state index in [9.17, 15) is 14.7 Å². The summed E-state index contributed by atoms with van der Waals surface area (Å²) in [5, 5.41) is 12.5. The first-order valence-electron chi connectivity index (χ1n) is 9.38. The van der Waals surface area contributed by atoms with Gasteiger partial charge in [-0.15, -0.1) is 0 Å². The molecule has 6 heteroatoms. The summed E-state index contributed by atoms with van der Waals surface area (Å²) in [7, 11) is 0. The van der Waals surface area contributed by atoms with Gasteiger partial charge in [-0.2, -0.15) is 0 Å². The van der Waals surface area contributed by atoms with Crippen LogP contribution in [0.25, 0.3) is 0 Å². The number of carbonyl (C=O) groups excluding carboxylic acids is 2. The number of hydrogen-bond acceptors (Lipinski definition) is 5. The van der Waals surface area contributed by atoms with Crippen LogP contribution in [0, 0.1) is 0 Å². The summed E-state index contributed by atoms with van der Waals surface area (Å²) < 4.78 is 10.8. The second kappa shape index (κ2) is 7.79. The second-order valence-electron chi connectivity index (χ2n) is 9.09. The van der Waals surface area contributed by atoms with Crippen LogP contribution in [-0.2, 0) is 20.7 Å². The molecule has 1 aromatic carbocycles. The van der Waals surface area contributed by atoms with Crippen LogP contribution >= 0.6 is 0 Å². The van der Waals surface area contributed by atoms with Gasteiger partial charge in [-0.05, 0) is 83.6 Å². The smallest absolute Gasteiger partial charge is 0.408 e. The van der Waals surface area contributed by atoms with E-state index in [-0.39, 0.29) is 12.2 Å². The quantitative estimate of drug-likeness (QED) is 0.756. The SMILES string of the molecule is CC(C)(C)OC(=O)NC(Cc1cc(O)ccc1C1CC1)C(=O)OC(C)(C)C. The third-order valence-corrected chi connectivity index (χ3v) is 3.95. The number of amides is 1. The highest BCUT2D eigenvalue weighted by Crippen LogP contribution is 2.42. The van der Waals surface area contributed by atoms with Gasteiger partial charge in [0.15, 0.2) is 0 Å². The van der Waals surface area contributed by atoms with E-state index < -0.39 is 29.3 Å². The first-order chi connectivity index (χ1) is 12.3. The molecule has 1 aromatic rings. The average molecular weight is 377 g/mol. The Kier molecular flexibility index (Phi) is 6.07. The van der Waals surface area contributed by atoms with Gasteiger partial charge in [0.2, 0.25) is 0 Å². The molecule has 0 bridgehead atoms.